The van der Waals surface area contributed by atoms with Crippen molar-refractivity contribution in [2.24, 2.45) is 0 Å². The quantitative estimate of drug-likeness (QED) is 0.629. The van der Waals surface area contributed by atoms with Gasteiger partial charge in [0.1, 0.15) is 0 Å². The first-order valence-corrected chi connectivity index (χ1v) is 4.23. The standard InChI is InChI=1S/C10H12O2/c11-10-6-5-8-3-1-2-4-9(8)7-12-10/h1-4,10-11H,5-7H2/t10-/m1/s1. The van der Waals surface area contributed by atoms with Crippen molar-refractivity contribution in [3.63, 3.8) is 0 Å². The van der Waals surface area contributed by atoms with Gasteiger partial charge in [-0.2, -0.15) is 0 Å². The molecule has 0 saturated carbocycles. The summed E-state index contributed by atoms with van der Waals surface area (Å²) in [5.41, 5.74) is 2.50. The summed E-state index contributed by atoms with van der Waals surface area (Å²) in [5.74, 6) is 0. The molecule has 1 atom stereocenters. The molecule has 1 N–H and O–H groups in total. The topological polar surface area (TPSA) is 29.5 Å². The highest BCUT2D eigenvalue weighted by molar-refractivity contribution is 5.27. The lowest BCUT2D eigenvalue weighted by Gasteiger charge is -2.05. The van der Waals surface area contributed by atoms with E-state index in [0.29, 0.717) is 13.0 Å². The molecular weight excluding hydrogens is 152 g/mol. The predicted octanol–water partition coefficient (Wildman–Crippen LogP) is 1.47. The largest absolute Gasteiger partial charge is 0.368 e. The Morgan fingerprint density at radius 3 is 2.83 bits per heavy atom. The van der Waals surface area contributed by atoms with Gasteiger partial charge < -0.3 is 9.84 Å². The number of hydrogen-bond donors (Lipinski definition) is 1. The van der Waals surface area contributed by atoms with Crippen LogP contribution in [0, 0.1) is 0 Å². The summed E-state index contributed by atoms with van der Waals surface area (Å²) < 4.78 is 5.18. The maximum atomic E-state index is 9.24. The van der Waals surface area contributed by atoms with Crippen LogP contribution in [-0.4, -0.2) is 11.4 Å². The molecule has 1 aliphatic heterocycles. The molecule has 0 radical (unpaired) electrons. The van der Waals surface area contributed by atoms with Crippen LogP contribution in [0.3, 0.4) is 0 Å². The summed E-state index contributed by atoms with van der Waals surface area (Å²) in [6.45, 7) is 0.539. The SMILES string of the molecule is O[C@H]1CCc2ccccc2CO1. The van der Waals surface area contributed by atoms with Gasteiger partial charge in [0.05, 0.1) is 6.61 Å². The Hall–Kier alpha value is -0.860. The molecule has 0 aromatic heterocycles. The maximum Gasteiger partial charge on any atom is 0.155 e. The molecule has 0 unspecified atom stereocenters. The van der Waals surface area contributed by atoms with E-state index >= 15 is 0 Å². The van der Waals surface area contributed by atoms with Crippen molar-refractivity contribution in [2.75, 3.05) is 0 Å². The molecule has 64 valence electrons. The number of aliphatic hydroxyl groups excluding tert-OH is 1. The molecule has 1 aromatic carbocycles. The van der Waals surface area contributed by atoms with Crippen molar-refractivity contribution in [1.29, 1.82) is 0 Å². The van der Waals surface area contributed by atoms with Crippen LogP contribution < -0.4 is 0 Å². The van der Waals surface area contributed by atoms with Crippen LogP contribution in [0.4, 0.5) is 0 Å². The van der Waals surface area contributed by atoms with Gasteiger partial charge >= 0.3 is 0 Å². The molecule has 12 heavy (non-hydrogen) atoms. The van der Waals surface area contributed by atoms with E-state index in [9.17, 15) is 5.11 Å². The van der Waals surface area contributed by atoms with Crippen LogP contribution in [-0.2, 0) is 17.8 Å². The Kier molecular flexibility index (Phi) is 2.11. The minimum absolute atomic E-state index is 0.539. The average Bonchev–Trinajstić information content (AvgIpc) is 2.29. The fourth-order valence-corrected chi connectivity index (χ4v) is 1.49. The van der Waals surface area contributed by atoms with Crippen LogP contribution in [0.5, 0.6) is 0 Å². The van der Waals surface area contributed by atoms with Crippen LogP contribution in [0.15, 0.2) is 24.3 Å². The second-order valence-corrected chi connectivity index (χ2v) is 3.07. The Balaban J connectivity index is 2.26. The number of rotatable bonds is 0. The molecule has 0 saturated heterocycles. The lowest BCUT2D eigenvalue weighted by molar-refractivity contribution is -0.107. The van der Waals surface area contributed by atoms with E-state index in [2.05, 4.69) is 6.07 Å². The van der Waals surface area contributed by atoms with Gasteiger partial charge in [0.25, 0.3) is 0 Å². The van der Waals surface area contributed by atoms with E-state index in [1.807, 2.05) is 18.2 Å². The molecule has 1 aliphatic rings. The van der Waals surface area contributed by atoms with Gasteiger partial charge in [-0.25, -0.2) is 0 Å². The van der Waals surface area contributed by atoms with E-state index in [4.69, 9.17) is 4.74 Å². The molecule has 1 aromatic rings. The predicted molar refractivity (Wildman–Crippen MR) is 45.6 cm³/mol. The number of fused-ring (bicyclic) bond motifs is 1. The van der Waals surface area contributed by atoms with Crippen LogP contribution in [0.25, 0.3) is 0 Å². The second kappa shape index (κ2) is 3.25. The summed E-state index contributed by atoms with van der Waals surface area (Å²) in [6, 6.07) is 8.17. The van der Waals surface area contributed by atoms with Crippen molar-refractivity contribution in [1.82, 2.24) is 0 Å². The molecule has 1 heterocycles. The van der Waals surface area contributed by atoms with Gasteiger partial charge in [-0.15, -0.1) is 0 Å². The summed E-state index contributed by atoms with van der Waals surface area (Å²) in [4.78, 5) is 0. The summed E-state index contributed by atoms with van der Waals surface area (Å²) >= 11 is 0. The zero-order valence-corrected chi connectivity index (χ0v) is 6.86. The molecule has 0 aliphatic carbocycles. The first-order chi connectivity index (χ1) is 5.86. The van der Waals surface area contributed by atoms with Crippen molar-refractivity contribution in [3.05, 3.63) is 35.4 Å². The van der Waals surface area contributed by atoms with Gasteiger partial charge in [0, 0.05) is 6.42 Å². The Morgan fingerprint density at radius 2 is 2.00 bits per heavy atom. The van der Waals surface area contributed by atoms with Gasteiger partial charge in [-0.3, -0.25) is 0 Å². The highest BCUT2D eigenvalue weighted by Gasteiger charge is 2.12. The van der Waals surface area contributed by atoms with E-state index in [0.717, 1.165) is 6.42 Å². The second-order valence-electron chi connectivity index (χ2n) is 3.07. The molecule has 0 amide bonds. The van der Waals surface area contributed by atoms with Crippen molar-refractivity contribution >= 4 is 0 Å². The van der Waals surface area contributed by atoms with E-state index in [-0.39, 0.29) is 0 Å². The minimum atomic E-state index is -0.586. The van der Waals surface area contributed by atoms with E-state index in [1.54, 1.807) is 0 Å². The fraction of sp³-hybridized carbons (Fsp3) is 0.400. The molecule has 2 rings (SSSR count). The van der Waals surface area contributed by atoms with Crippen molar-refractivity contribution in [2.45, 2.75) is 25.7 Å². The molecular formula is C10H12O2. The van der Waals surface area contributed by atoms with Crippen molar-refractivity contribution in [3.8, 4) is 0 Å². The molecule has 0 spiro atoms. The Bertz CT molecular complexity index is 243. The van der Waals surface area contributed by atoms with Crippen LogP contribution >= 0.6 is 0 Å². The summed E-state index contributed by atoms with van der Waals surface area (Å²) in [6.07, 6.45) is 1.03. The zero-order valence-electron chi connectivity index (χ0n) is 6.86. The number of aliphatic hydroxyl groups is 1. The number of benzene rings is 1. The number of hydrogen-bond acceptors (Lipinski definition) is 2. The third-order valence-electron chi connectivity index (χ3n) is 2.21. The van der Waals surface area contributed by atoms with Gasteiger partial charge in [0.2, 0.25) is 0 Å². The van der Waals surface area contributed by atoms with Crippen molar-refractivity contribution < 1.29 is 9.84 Å². The van der Waals surface area contributed by atoms with E-state index < -0.39 is 6.29 Å². The highest BCUT2D eigenvalue weighted by atomic mass is 16.6. The monoisotopic (exact) mass is 164 g/mol. The van der Waals surface area contributed by atoms with E-state index in [1.165, 1.54) is 11.1 Å². The molecule has 0 fully saturated rings. The third-order valence-corrected chi connectivity index (χ3v) is 2.21. The summed E-state index contributed by atoms with van der Waals surface area (Å²) in [5, 5.41) is 9.24. The maximum absolute atomic E-state index is 9.24. The normalized spacial score (nSPS) is 22.9. The number of ether oxygens (including phenoxy) is 1. The lowest BCUT2D eigenvalue weighted by atomic mass is 10.0. The first kappa shape index (κ1) is 7.77. The summed E-state index contributed by atoms with van der Waals surface area (Å²) in [7, 11) is 0. The lowest BCUT2D eigenvalue weighted by Crippen LogP contribution is -2.08. The smallest absolute Gasteiger partial charge is 0.155 e. The molecule has 2 nitrogen and oxygen atoms in total. The average molecular weight is 164 g/mol. The zero-order chi connectivity index (χ0) is 8.39. The minimum Gasteiger partial charge on any atom is -0.368 e. The molecule has 2 heteroatoms. The van der Waals surface area contributed by atoms with Crippen LogP contribution in [0.1, 0.15) is 17.5 Å². The fourth-order valence-electron chi connectivity index (χ4n) is 1.49. The third kappa shape index (κ3) is 1.49. The van der Waals surface area contributed by atoms with Gasteiger partial charge in [0.15, 0.2) is 6.29 Å². The van der Waals surface area contributed by atoms with Crippen LogP contribution in [0.2, 0.25) is 0 Å². The molecule has 0 bridgehead atoms. The Labute approximate surface area is 71.8 Å². The number of aryl methyl sites for hydroxylation is 1. The highest BCUT2D eigenvalue weighted by Crippen LogP contribution is 2.18. The van der Waals surface area contributed by atoms with Gasteiger partial charge in [-0.05, 0) is 17.5 Å². The van der Waals surface area contributed by atoms with Gasteiger partial charge in [-0.1, -0.05) is 24.3 Å². The first-order valence-electron chi connectivity index (χ1n) is 4.23. The Morgan fingerprint density at radius 1 is 1.25 bits per heavy atom.